The monoisotopic (exact) mass is 539 g/mol. The first-order chi connectivity index (χ1) is 14.2. The number of aryl methyl sites for hydroxylation is 1. The predicted molar refractivity (Wildman–Crippen MR) is 137 cm³/mol. The Morgan fingerprint density at radius 3 is 2.80 bits per heavy atom. The highest BCUT2D eigenvalue weighted by Gasteiger charge is 2.36. The van der Waals surface area contributed by atoms with Gasteiger partial charge in [-0.1, -0.05) is 30.3 Å². The molecule has 0 aliphatic carbocycles. The number of hydrogen-bond acceptors (Lipinski definition) is 4. The first-order valence-corrected chi connectivity index (χ1v) is 11.8. The zero-order valence-corrected chi connectivity index (χ0v) is 21.2. The van der Waals surface area contributed by atoms with Crippen molar-refractivity contribution < 1.29 is 0 Å². The topological polar surface area (TPSA) is 43.8 Å². The van der Waals surface area contributed by atoms with E-state index in [0.717, 1.165) is 43.1 Å². The van der Waals surface area contributed by atoms with Gasteiger partial charge in [0.05, 0.1) is 6.54 Å². The Balaban J connectivity index is 0.00000256. The molecular formula is C23H34IN5S. The van der Waals surface area contributed by atoms with Crippen molar-refractivity contribution >= 4 is 41.3 Å². The van der Waals surface area contributed by atoms with Crippen molar-refractivity contribution in [3.05, 3.63) is 52.0 Å². The first kappa shape index (κ1) is 23.5. The molecule has 2 atom stereocenters. The van der Waals surface area contributed by atoms with Gasteiger partial charge in [0.15, 0.2) is 5.96 Å². The molecule has 0 radical (unpaired) electrons. The van der Waals surface area contributed by atoms with Crippen LogP contribution < -0.4 is 5.32 Å². The van der Waals surface area contributed by atoms with Gasteiger partial charge >= 0.3 is 0 Å². The summed E-state index contributed by atoms with van der Waals surface area (Å²) in [5, 5.41) is 4.61. The van der Waals surface area contributed by atoms with Crippen LogP contribution in [0, 0.1) is 12.8 Å². The van der Waals surface area contributed by atoms with E-state index in [1.54, 1.807) is 11.3 Å². The number of benzene rings is 1. The van der Waals surface area contributed by atoms with Gasteiger partial charge in [-0.3, -0.25) is 4.90 Å². The molecule has 7 heteroatoms. The van der Waals surface area contributed by atoms with Crippen LogP contribution in [0.1, 0.15) is 41.6 Å². The average molecular weight is 540 g/mol. The van der Waals surface area contributed by atoms with Crippen molar-refractivity contribution in [1.82, 2.24) is 20.1 Å². The molecule has 0 spiro atoms. The van der Waals surface area contributed by atoms with E-state index < -0.39 is 0 Å². The molecule has 164 valence electrons. The molecule has 30 heavy (non-hydrogen) atoms. The van der Waals surface area contributed by atoms with Gasteiger partial charge in [-0.2, -0.15) is 0 Å². The maximum Gasteiger partial charge on any atom is 0.194 e. The third-order valence-corrected chi connectivity index (χ3v) is 6.98. The van der Waals surface area contributed by atoms with Crippen LogP contribution in [0.3, 0.4) is 0 Å². The van der Waals surface area contributed by atoms with E-state index in [0.29, 0.717) is 12.6 Å². The maximum atomic E-state index is 4.91. The Kier molecular flexibility index (Phi) is 8.95. The van der Waals surface area contributed by atoms with E-state index in [9.17, 15) is 0 Å². The van der Waals surface area contributed by atoms with Crippen molar-refractivity contribution in [3.63, 3.8) is 0 Å². The van der Waals surface area contributed by atoms with Gasteiger partial charge in [-0.15, -0.1) is 35.3 Å². The van der Waals surface area contributed by atoms with E-state index >= 15 is 0 Å². The highest BCUT2D eigenvalue weighted by molar-refractivity contribution is 14.0. The quantitative estimate of drug-likeness (QED) is 0.345. The molecule has 2 aliphatic heterocycles. The summed E-state index contributed by atoms with van der Waals surface area (Å²) in [5.41, 5.74) is 1.43. The van der Waals surface area contributed by atoms with Crippen molar-refractivity contribution in [2.24, 2.45) is 10.9 Å². The lowest BCUT2D eigenvalue weighted by atomic mass is 9.83. The van der Waals surface area contributed by atoms with Gasteiger partial charge in [-0.25, -0.2) is 9.98 Å². The lowest BCUT2D eigenvalue weighted by Gasteiger charge is -2.48. The fourth-order valence-electron chi connectivity index (χ4n) is 4.76. The van der Waals surface area contributed by atoms with Crippen molar-refractivity contribution in [2.75, 3.05) is 26.2 Å². The smallest absolute Gasteiger partial charge is 0.194 e. The van der Waals surface area contributed by atoms with Gasteiger partial charge in [-0.05, 0) is 51.1 Å². The van der Waals surface area contributed by atoms with E-state index in [1.165, 1.54) is 36.2 Å². The summed E-state index contributed by atoms with van der Waals surface area (Å²) in [6.45, 7) is 10.3. The molecule has 3 heterocycles. The van der Waals surface area contributed by atoms with E-state index in [-0.39, 0.29) is 24.0 Å². The summed E-state index contributed by atoms with van der Waals surface area (Å²) in [4.78, 5) is 15.8. The lowest BCUT2D eigenvalue weighted by molar-refractivity contribution is 0.0372. The van der Waals surface area contributed by atoms with Crippen LogP contribution >= 0.6 is 35.3 Å². The molecule has 2 fully saturated rings. The van der Waals surface area contributed by atoms with Crippen LogP contribution in [0.4, 0.5) is 0 Å². The lowest BCUT2D eigenvalue weighted by Crippen LogP contribution is -2.56. The van der Waals surface area contributed by atoms with Gasteiger partial charge in [0, 0.05) is 43.3 Å². The minimum Gasteiger partial charge on any atom is -0.357 e. The van der Waals surface area contributed by atoms with Crippen LogP contribution in [-0.2, 0) is 13.1 Å². The number of fused-ring (bicyclic) bond motifs is 1. The number of likely N-dealkylation sites (tertiary alicyclic amines) is 2. The van der Waals surface area contributed by atoms with Crippen LogP contribution in [0.25, 0.3) is 0 Å². The summed E-state index contributed by atoms with van der Waals surface area (Å²) in [6.07, 6.45) is 5.79. The van der Waals surface area contributed by atoms with Crippen LogP contribution in [0.2, 0.25) is 0 Å². The number of guanidine groups is 1. The fourth-order valence-corrected chi connectivity index (χ4v) is 5.47. The number of hydrogen-bond donors (Lipinski definition) is 1. The Labute approximate surface area is 202 Å². The van der Waals surface area contributed by atoms with Gasteiger partial charge in [0.1, 0.15) is 5.01 Å². The second-order valence-corrected chi connectivity index (χ2v) is 9.51. The average Bonchev–Trinajstić information content (AvgIpc) is 3.17. The normalized spacial score (nSPS) is 22.3. The SMILES string of the molecule is CCNC(=NCc1ncc(C)s1)N1CCC2C(CCCN2Cc2ccccc2)C1.I. The van der Waals surface area contributed by atoms with E-state index in [1.807, 2.05) is 6.20 Å². The first-order valence-electron chi connectivity index (χ1n) is 11.0. The Morgan fingerprint density at radius 1 is 1.23 bits per heavy atom. The number of aromatic nitrogens is 1. The summed E-state index contributed by atoms with van der Waals surface area (Å²) in [7, 11) is 0. The Bertz CT molecular complexity index is 809. The Morgan fingerprint density at radius 2 is 2.07 bits per heavy atom. The number of nitrogens with zero attached hydrogens (tertiary/aromatic N) is 4. The molecule has 0 bridgehead atoms. The minimum absolute atomic E-state index is 0. The molecule has 0 amide bonds. The predicted octanol–water partition coefficient (Wildman–Crippen LogP) is 4.52. The molecule has 1 aromatic carbocycles. The highest BCUT2D eigenvalue weighted by atomic mass is 127. The third kappa shape index (κ3) is 5.95. The zero-order chi connectivity index (χ0) is 20.1. The number of piperidine rings is 2. The van der Waals surface area contributed by atoms with Crippen LogP contribution in [0.5, 0.6) is 0 Å². The zero-order valence-electron chi connectivity index (χ0n) is 18.1. The summed E-state index contributed by atoms with van der Waals surface area (Å²) < 4.78 is 0. The Hall–Kier alpha value is -1.19. The molecule has 2 aromatic rings. The summed E-state index contributed by atoms with van der Waals surface area (Å²) in [5.74, 6) is 1.78. The molecule has 2 unspecified atom stereocenters. The number of thiazole rings is 1. The third-order valence-electron chi connectivity index (χ3n) is 6.08. The van der Waals surface area contributed by atoms with Crippen molar-refractivity contribution in [1.29, 1.82) is 0 Å². The molecule has 4 rings (SSSR count). The molecule has 0 saturated carbocycles. The minimum atomic E-state index is 0. The molecule has 2 aliphatic rings. The highest BCUT2D eigenvalue weighted by Crippen LogP contribution is 2.31. The number of nitrogens with one attached hydrogen (secondary N) is 1. The number of aliphatic imine (C=N–C) groups is 1. The maximum absolute atomic E-state index is 4.91. The molecule has 1 N–H and O–H groups in total. The number of rotatable bonds is 5. The standard InChI is InChI=1S/C23H33N5S.HI/c1-3-24-23(26-15-22-25-14-18(2)29-22)28-13-11-21-20(17-28)10-7-12-27(21)16-19-8-5-4-6-9-19;/h4-6,8-9,14,20-21H,3,7,10-13,15-17H2,1-2H3,(H,24,26);1H. The fraction of sp³-hybridized carbons (Fsp3) is 0.565. The van der Waals surface area contributed by atoms with Crippen LogP contribution in [0.15, 0.2) is 41.5 Å². The van der Waals surface area contributed by atoms with Crippen molar-refractivity contribution in [3.8, 4) is 0 Å². The van der Waals surface area contributed by atoms with Gasteiger partial charge < -0.3 is 10.2 Å². The molecular weight excluding hydrogens is 505 g/mol. The van der Waals surface area contributed by atoms with Gasteiger partial charge in [0.2, 0.25) is 0 Å². The van der Waals surface area contributed by atoms with E-state index in [2.05, 4.69) is 64.3 Å². The number of halogens is 1. The molecule has 2 saturated heterocycles. The molecule has 1 aromatic heterocycles. The van der Waals surface area contributed by atoms with Crippen molar-refractivity contribution in [2.45, 2.75) is 52.2 Å². The summed E-state index contributed by atoms with van der Waals surface area (Å²) >= 11 is 1.74. The molecule has 5 nitrogen and oxygen atoms in total. The second-order valence-electron chi connectivity index (χ2n) is 8.20. The van der Waals surface area contributed by atoms with Crippen LogP contribution in [-0.4, -0.2) is 53.0 Å². The second kappa shape index (κ2) is 11.4. The van der Waals surface area contributed by atoms with Gasteiger partial charge in [0.25, 0.3) is 0 Å². The largest absolute Gasteiger partial charge is 0.357 e. The van der Waals surface area contributed by atoms with E-state index in [4.69, 9.17) is 4.99 Å². The summed E-state index contributed by atoms with van der Waals surface area (Å²) in [6, 6.07) is 11.6.